The van der Waals surface area contributed by atoms with Crippen LogP contribution in [0.1, 0.15) is 22.7 Å². The lowest BCUT2D eigenvalue weighted by Gasteiger charge is -2.21. The zero-order valence-electron chi connectivity index (χ0n) is 20.2. The summed E-state index contributed by atoms with van der Waals surface area (Å²) in [6, 6.07) is 16.4. The summed E-state index contributed by atoms with van der Waals surface area (Å²) in [4.78, 5) is 27.3. The third kappa shape index (κ3) is 4.95. The molecule has 0 spiro atoms. The molecule has 0 aliphatic rings. The number of methoxy groups -OCH3 is 1. The summed E-state index contributed by atoms with van der Waals surface area (Å²) in [6.45, 7) is 0.267. The number of halogens is 3. The smallest absolute Gasteiger partial charge is 0.331 e. The van der Waals surface area contributed by atoms with Crippen molar-refractivity contribution in [1.82, 2.24) is 9.13 Å². The van der Waals surface area contributed by atoms with Gasteiger partial charge in [0.25, 0.3) is 5.56 Å². The van der Waals surface area contributed by atoms with Gasteiger partial charge in [-0.3, -0.25) is 13.9 Å². The Bertz CT molecular complexity index is 1530. The standard InChI is InChI=1S/C28H25F3N2O4/c1-17-25(20-10-6-13-24(37-2)26(20)31)27(35)33(14-19(16-34)18-8-4-3-5-9-18)28(36)32(17)15-21-22(29)11-7-12-23(21)30/h3-13,19,34H,14-16H2,1-2H3/t19-/m1/s1. The number of ether oxygens (including phenoxy) is 1. The van der Waals surface area contributed by atoms with E-state index in [1.165, 1.54) is 38.3 Å². The van der Waals surface area contributed by atoms with Crippen molar-refractivity contribution < 1.29 is 23.0 Å². The Morgan fingerprint density at radius 1 is 0.892 bits per heavy atom. The molecule has 0 bridgehead atoms. The first-order valence-electron chi connectivity index (χ1n) is 11.5. The number of rotatable bonds is 8. The molecule has 4 rings (SSSR count). The molecular formula is C28H25F3N2O4. The first kappa shape index (κ1) is 26.0. The quantitative estimate of drug-likeness (QED) is 0.385. The highest BCUT2D eigenvalue weighted by Gasteiger charge is 2.25. The molecule has 6 nitrogen and oxygen atoms in total. The predicted octanol–water partition coefficient (Wildman–Crippen LogP) is 4.24. The number of hydrogen-bond donors (Lipinski definition) is 1. The SMILES string of the molecule is COc1cccc(-c2c(C)n(Cc3c(F)cccc3F)c(=O)n(C[C@H](CO)c3ccccc3)c2=O)c1F. The lowest BCUT2D eigenvalue weighted by molar-refractivity contribution is 0.250. The largest absolute Gasteiger partial charge is 0.494 e. The summed E-state index contributed by atoms with van der Waals surface area (Å²) < 4.78 is 51.3. The van der Waals surface area contributed by atoms with E-state index in [1.54, 1.807) is 30.3 Å². The number of hydrogen-bond acceptors (Lipinski definition) is 4. The topological polar surface area (TPSA) is 73.5 Å². The second-order valence-corrected chi connectivity index (χ2v) is 8.56. The van der Waals surface area contributed by atoms with E-state index in [9.17, 15) is 23.5 Å². The molecular weight excluding hydrogens is 485 g/mol. The van der Waals surface area contributed by atoms with Crippen molar-refractivity contribution in [2.24, 2.45) is 0 Å². The molecule has 1 heterocycles. The van der Waals surface area contributed by atoms with E-state index >= 15 is 4.39 Å². The molecule has 1 aromatic heterocycles. The van der Waals surface area contributed by atoms with Gasteiger partial charge in [0.2, 0.25) is 0 Å². The van der Waals surface area contributed by atoms with Crippen molar-refractivity contribution in [3.63, 3.8) is 0 Å². The molecule has 9 heteroatoms. The fourth-order valence-electron chi connectivity index (χ4n) is 4.38. The lowest BCUT2D eigenvalue weighted by atomic mass is 9.99. The first-order chi connectivity index (χ1) is 17.8. The predicted molar refractivity (Wildman–Crippen MR) is 133 cm³/mol. The number of nitrogens with zero attached hydrogens (tertiary/aromatic N) is 2. The van der Waals surface area contributed by atoms with Crippen LogP contribution < -0.4 is 16.0 Å². The molecule has 0 amide bonds. The molecule has 192 valence electrons. The molecule has 0 radical (unpaired) electrons. The number of aliphatic hydroxyl groups is 1. The van der Waals surface area contributed by atoms with Crippen LogP contribution in [-0.4, -0.2) is 28.0 Å². The van der Waals surface area contributed by atoms with Gasteiger partial charge in [-0.1, -0.05) is 48.5 Å². The number of aliphatic hydroxyl groups excluding tert-OH is 1. The van der Waals surface area contributed by atoms with E-state index < -0.39 is 41.2 Å². The van der Waals surface area contributed by atoms with Crippen LogP contribution in [0.5, 0.6) is 5.75 Å². The Morgan fingerprint density at radius 2 is 1.54 bits per heavy atom. The monoisotopic (exact) mass is 510 g/mol. The van der Waals surface area contributed by atoms with Gasteiger partial charge in [0.05, 0.1) is 25.8 Å². The molecule has 4 aromatic rings. The van der Waals surface area contributed by atoms with Gasteiger partial charge in [0.15, 0.2) is 11.6 Å². The number of aromatic nitrogens is 2. The van der Waals surface area contributed by atoms with Crippen LogP contribution in [-0.2, 0) is 13.1 Å². The van der Waals surface area contributed by atoms with Crippen molar-refractivity contribution in [3.05, 3.63) is 122 Å². The van der Waals surface area contributed by atoms with Gasteiger partial charge in [0, 0.05) is 29.3 Å². The van der Waals surface area contributed by atoms with Gasteiger partial charge in [0.1, 0.15) is 11.6 Å². The molecule has 0 fully saturated rings. The number of benzene rings is 3. The van der Waals surface area contributed by atoms with Gasteiger partial charge < -0.3 is 9.84 Å². The summed E-state index contributed by atoms with van der Waals surface area (Å²) in [7, 11) is 1.28. The van der Waals surface area contributed by atoms with Crippen molar-refractivity contribution in [2.75, 3.05) is 13.7 Å². The van der Waals surface area contributed by atoms with Crippen LogP contribution in [0.4, 0.5) is 13.2 Å². The zero-order valence-corrected chi connectivity index (χ0v) is 20.2. The molecule has 0 aliphatic carbocycles. The van der Waals surface area contributed by atoms with Crippen LogP contribution in [0.15, 0.2) is 76.3 Å². The van der Waals surface area contributed by atoms with Crippen LogP contribution in [0.2, 0.25) is 0 Å². The van der Waals surface area contributed by atoms with E-state index in [-0.39, 0.29) is 41.3 Å². The fourth-order valence-corrected chi connectivity index (χ4v) is 4.38. The lowest BCUT2D eigenvalue weighted by Crippen LogP contribution is -2.43. The normalized spacial score (nSPS) is 11.9. The van der Waals surface area contributed by atoms with Gasteiger partial charge >= 0.3 is 5.69 Å². The van der Waals surface area contributed by atoms with Gasteiger partial charge in [-0.2, -0.15) is 0 Å². The van der Waals surface area contributed by atoms with E-state index in [0.717, 1.165) is 21.3 Å². The van der Waals surface area contributed by atoms with Crippen LogP contribution >= 0.6 is 0 Å². The minimum Gasteiger partial charge on any atom is -0.494 e. The maximum atomic E-state index is 15.3. The second-order valence-electron chi connectivity index (χ2n) is 8.56. The third-order valence-corrected chi connectivity index (χ3v) is 6.41. The molecule has 0 saturated carbocycles. The molecule has 0 unspecified atom stereocenters. The summed E-state index contributed by atoms with van der Waals surface area (Å²) in [5.41, 5.74) is -1.59. The third-order valence-electron chi connectivity index (χ3n) is 6.41. The van der Waals surface area contributed by atoms with Crippen molar-refractivity contribution in [2.45, 2.75) is 25.9 Å². The minimum absolute atomic E-state index is 0.0290. The average Bonchev–Trinajstić information content (AvgIpc) is 2.89. The van der Waals surface area contributed by atoms with Crippen LogP contribution in [0, 0.1) is 24.4 Å². The van der Waals surface area contributed by atoms with E-state index in [2.05, 4.69) is 0 Å². The highest BCUT2D eigenvalue weighted by atomic mass is 19.1. The Labute approximate surface area is 210 Å². The fraction of sp³-hybridized carbons (Fsp3) is 0.214. The molecule has 0 aliphatic heterocycles. The van der Waals surface area contributed by atoms with E-state index in [0.29, 0.717) is 5.56 Å². The molecule has 0 saturated heterocycles. The Kier molecular flexibility index (Phi) is 7.63. The highest BCUT2D eigenvalue weighted by molar-refractivity contribution is 5.67. The van der Waals surface area contributed by atoms with Crippen LogP contribution in [0.25, 0.3) is 11.1 Å². The summed E-state index contributed by atoms with van der Waals surface area (Å²) in [5.74, 6) is -3.30. The maximum Gasteiger partial charge on any atom is 0.331 e. The summed E-state index contributed by atoms with van der Waals surface area (Å²) in [6.07, 6.45) is 0. The van der Waals surface area contributed by atoms with Crippen molar-refractivity contribution in [3.8, 4) is 16.9 Å². The molecule has 1 N–H and O–H groups in total. The van der Waals surface area contributed by atoms with Gasteiger partial charge in [-0.05, 0) is 30.7 Å². The molecule has 1 atom stereocenters. The zero-order chi connectivity index (χ0) is 26.7. The first-order valence-corrected chi connectivity index (χ1v) is 11.5. The maximum absolute atomic E-state index is 15.3. The average molecular weight is 511 g/mol. The van der Waals surface area contributed by atoms with Crippen molar-refractivity contribution in [1.29, 1.82) is 0 Å². The Morgan fingerprint density at radius 3 is 2.16 bits per heavy atom. The van der Waals surface area contributed by atoms with Gasteiger partial charge in [-0.15, -0.1) is 0 Å². The molecule has 3 aromatic carbocycles. The minimum atomic E-state index is -0.865. The van der Waals surface area contributed by atoms with Gasteiger partial charge in [-0.25, -0.2) is 18.0 Å². The Balaban J connectivity index is 1.99. The Hall–Kier alpha value is -4.11. The highest BCUT2D eigenvalue weighted by Crippen LogP contribution is 2.29. The van der Waals surface area contributed by atoms with E-state index in [4.69, 9.17) is 4.74 Å². The second kappa shape index (κ2) is 10.9. The van der Waals surface area contributed by atoms with Crippen LogP contribution in [0.3, 0.4) is 0 Å². The summed E-state index contributed by atoms with van der Waals surface area (Å²) in [5, 5.41) is 10.1. The van der Waals surface area contributed by atoms with E-state index in [1.807, 2.05) is 0 Å². The van der Waals surface area contributed by atoms with Crippen molar-refractivity contribution >= 4 is 0 Å². The summed E-state index contributed by atoms with van der Waals surface area (Å²) >= 11 is 0. The molecule has 37 heavy (non-hydrogen) atoms.